The maximum atomic E-state index is 12.1. The third kappa shape index (κ3) is 2.30. The van der Waals surface area contributed by atoms with Crippen LogP contribution < -0.4 is 16.5 Å². The van der Waals surface area contributed by atoms with E-state index in [9.17, 15) is 19.6 Å². The van der Waals surface area contributed by atoms with Crippen molar-refractivity contribution in [1.82, 2.24) is 20.8 Å². The molecule has 3 atom stereocenters. The van der Waals surface area contributed by atoms with Crippen molar-refractivity contribution in [3.05, 3.63) is 0 Å². The standard InChI is InChI=1S/C11H17N5O5/c12-11-2-1-7(15(5-11)10(19)16(11)20)9(18)14-21-6-3-8(17)13-4-6/h6-7,20H,1-5,12H2,(H,13,17)(H,14,18)/t6-,7+,11-/m1/s1. The number of amides is 4. The number of nitrogens with zero attached hydrogens (tertiary/aromatic N) is 2. The SMILES string of the molecule is N[C@@]12CC[C@@H](C(=O)NO[C@H]3CNC(=O)C3)N(C1)C(=O)N2O. The normalized spacial score (nSPS) is 35.1. The number of urea groups is 1. The number of nitrogens with two attached hydrogens (primary N) is 1. The Morgan fingerprint density at radius 1 is 1.52 bits per heavy atom. The van der Waals surface area contributed by atoms with Crippen molar-refractivity contribution in [3.63, 3.8) is 0 Å². The third-order valence-corrected chi connectivity index (χ3v) is 4.09. The maximum Gasteiger partial charge on any atom is 0.346 e. The summed E-state index contributed by atoms with van der Waals surface area (Å²) in [5.41, 5.74) is 7.04. The highest BCUT2D eigenvalue weighted by Gasteiger charge is 2.54. The van der Waals surface area contributed by atoms with E-state index in [1.807, 2.05) is 0 Å². The zero-order valence-corrected chi connectivity index (χ0v) is 11.2. The van der Waals surface area contributed by atoms with E-state index in [-0.39, 0.29) is 18.9 Å². The minimum Gasteiger partial charge on any atom is -0.353 e. The number of hydrogen-bond acceptors (Lipinski definition) is 6. The van der Waals surface area contributed by atoms with Crippen LogP contribution in [0.3, 0.4) is 0 Å². The summed E-state index contributed by atoms with van der Waals surface area (Å²) < 4.78 is 0. The Bertz CT molecular complexity index is 499. The lowest BCUT2D eigenvalue weighted by Crippen LogP contribution is -2.57. The fourth-order valence-corrected chi connectivity index (χ4v) is 2.86. The van der Waals surface area contributed by atoms with Crippen molar-refractivity contribution in [2.75, 3.05) is 13.1 Å². The molecular weight excluding hydrogens is 282 g/mol. The van der Waals surface area contributed by atoms with Gasteiger partial charge < -0.3 is 16.0 Å². The molecule has 3 aliphatic heterocycles. The first kappa shape index (κ1) is 14.0. The summed E-state index contributed by atoms with van der Waals surface area (Å²) in [4.78, 5) is 41.4. The van der Waals surface area contributed by atoms with Gasteiger partial charge in [0.2, 0.25) is 5.91 Å². The molecule has 10 heteroatoms. The average molecular weight is 299 g/mol. The second-order valence-electron chi connectivity index (χ2n) is 5.59. The topological polar surface area (TPSA) is 137 Å². The first-order valence-electron chi connectivity index (χ1n) is 6.71. The van der Waals surface area contributed by atoms with Gasteiger partial charge in [-0.25, -0.2) is 10.3 Å². The van der Waals surface area contributed by atoms with E-state index in [2.05, 4.69) is 10.8 Å². The summed E-state index contributed by atoms with van der Waals surface area (Å²) in [6.45, 7) is 0.423. The van der Waals surface area contributed by atoms with Crippen LogP contribution in [0.4, 0.5) is 4.79 Å². The molecule has 0 radical (unpaired) electrons. The van der Waals surface area contributed by atoms with Gasteiger partial charge in [-0.1, -0.05) is 0 Å². The molecule has 0 saturated carbocycles. The van der Waals surface area contributed by atoms with E-state index in [1.165, 1.54) is 4.90 Å². The molecule has 5 N–H and O–H groups in total. The summed E-state index contributed by atoms with van der Waals surface area (Å²) >= 11 is 0. The van der Waals surface area contributed by atoms with Gasteiger partial charge in [0.05, 0.1) is 13.0 Å². The Hall–Kier alpha value is -1.91. The second-order valence-corrected chi connectivity index (χ2v) is 5.59. The minimum absolute atomic E-state index is 0.0872. The van der Waals surface area contributed by atoms with Gasteiger partial charge in [-0.2, -0.15) is 5.06 Å². The van der Waals surface area contributed by atoms with Crippen molar-refractivity contribution in [3.8, 4) is 0 Å². The van der Waals surface area contributed by atoms with Crippen LogP contribution in [0, 0.1) is 0 Å². The van der Waals surface area contributed by atoms with E-state index in [0.29, 0.717) is 24.4 Å². The molecule has 0 aromatic heterocycles. The monoisotopic (exact) mass is 299 g/mol. The number of piperidine rings is 1. The van der Waals surface area contributed by atoms with Gasteiger partial charge in [-0.3, -0.25) is 19.6 Å². The van der Waals surface area contributed by atoms with Gasteiger partial charge in [0.1, 0.15) is 17.8 Å². The Balaban J connectivity index is 1.58. The van der Waals surface area contributed by atoms with Crippen LogP contribution in [-0.4, -0.2) is 63.9 Å². The predicted molar refractivity (Wildman–Crippen MR) is 66.3 cm³/mol. The number of carbonyl (C=O) groups is 3. The number of rotatable bonds is 3. The highest BCUT2D eigenvalue weighted by molar-refractivity contribution is 5.88. The quantitative estimate of drug-likeness (QED) is 0.347. The maximum absolute atomic E-state index is 12.1. The van der Waals surface area contributed by atoms with Gasteiger partial charge in [-0.15, -0.1) is 0 Å². The first-order valence-corrected chi connectivity index (χ1v) is 6.71. The molecule has 3 rings (SSSR count). The van der Waals surface area contributed by atoms with E-state index >= 15 is 0 Å². The number of carbonyl (C=O) groups excluding carboxylic acids is 3. The summed E-state index contributed by atoms with van der Waals surface area (Å²) in [6.07, 6.45) is 0.412. The summed E-state index contributed by atoms with van der Waals surface area (Å²) in [5.74, 6) is -0.620. The van der Waals surface area contributed by atoms with Gasteiger partial charge >= 0.3 is 6.03 Å². The molecule has 4 amide bonds. The largest absolute Gasteiger partial charge is 0.353 e. The number of hydroxylamine groups is 3. The Morgan fingerprint density at radius 3 is 2.95 bits per heavy atom. The predicted octanol–water partition coefficient (Wildman–Crippen LogP) is -2.13. The van der Waals surface area contributed by atoms with E-state index in [0.717, 1.165) is 0 Å². The molecule has 0 aliphatic carbocycles. The average Bonchev–Trinajstić information content (AvgIpc) is 2.94. The molecule has 0 aromatic rings. The van der Waals surface area contributed by atoms with Crippen LogP contribution >= 0.6 is 0 Å². The van der Waals surface area contributed by atoms with E-state index < -0.39 is 29.7 Å². The van der Waals surface area contributed by atoms with Crippen molar-refractivity contribution in [1.29, 1.82) is 0 Å². The second kappa shape index (κ2) is 4.83. The van der Waals surface area contributed by atoms with Crippen molar-refractivity contribution >= 4 is 17.8 Å². The Labute approximate surface area is 120 Å². The minimum atomic E-state index is -1.13. The zero-order chi connectivity index (χ0) is 15.2. The van der Waals surface area contributed by atoms with Crippen LogP contribution in [0.1, 0.15) is 19.3 Å². The van der Waals surface area contributed by atoms with Crippen LogP contribution in [0.15, 0.2) is 0 Å². The number of hydrogen-bond donors (Lipinski definition) is 4. The molecule has 116 valence electrons. The van der Waals surface area contributed by atoms with Crippen LogP contribution in [0.2, 0.25) is 0 Å². The Kier molecular flexibility index (Phi) is 3.23. The first-order chi connectivity index (χ1) is 9.90. The summed E-state index contributed by atoms with van der Waals surface area (Å²) in [5, 5.41) is 12.7. The smallest absolute Gasteiger partial charge is 0.346 e. The number of fused-ring (bicyclic) bond motifs is 2. The van der Waals surface area contributed by atoms with E-state index in [1.54, 1.807) is 0 Å². The molecule has 21 heavy (non-hydrogen) atoms. The highest BCUT2D eigenvalue weighted by atomic mass is 16.7. The molecule has 3 heterocycles. The molecule has 2 bridgehead atoms. The molecule has 0 aromatic carbocycles. The molecule has 3 aliphatic rings. The van der Waals surface area contributed by atoms with Crippen molar-refractivity contribution in [2.45, 2.75) is 37.1 Å². The van der Waals surface area contributed by atoms with Gasteiger partial charge in [0, 0.05) is 6.54 Å². The summed E-state index contributed by atoms with van der Waals surface area (Å²) in [6, 6.07) is -1.43. The van der Waals surface area contributed by atoms with Crippen LogP contribution in [-0.2, 0) is 14.4 Å². The zero-order valence-electron chi connectivity index (χ0n) is 11.2. The molecule has 0 unspecified atom stereocenters. The summed E-state index contributed by atoms with van der Waals surface area (Å²) in [7, 11) is 0. The lowest BCUT2D eigenvalue weighted by atomic mass is 9.95. The lowest BCUT2D eigenvalue weighted by Gasteiger charge is -2.34. The van der Waals surface area contributed by atoms with Gasteiger partial charge in [0.15, 0.2) is 0 Å². The number of nitrogens with one attached hydrogen (secondary N) is 2. The molecule has 0 spiro atoms. The third-order valence-electron chi connectivity index (χ3n) is 4.09. The molecule has 10 nitrogen and oxygen atoms in total. The van der Waals surface area contributed by atoms with Gasteiger partial charge in [0.25, 0.3) is 5.91 Å². The van der Waals surface area contributed by atoms with Crippen LogP contribution in [0.25, 0.3) is 0 Å². The molecule has 3 fully saturated rings. The molecular formula is C11H17N5O5. The Morgan fingerprint density at radius 2 is 2.29 bits per heavy atom. The fraction of sp³-hybridized carbons (Fsp3) is 0.727. The molecule has 3 saturated heterocycles. The van der Waals surface area contributed by atoms with Crippen LogP contribution in [0.5, 0.6) is 0 Å². The van der Waals surface area contributed by atoms with Crippen molar-refractivity contribution < 1.29 is 24.4 Å². The van der Waals surface area contributed by atoms with E-state index in [4.69, 9.17) is 10.6 Å². The lowest BCUT2D eigenvalue weighted by molar-refractivity contribution is -0.144. The highest BCUT2D eigenvalue weighted by Crippen LogP contribution is 2.33. The fourth-order valence-electron chi connectivity index (χ4n) is 2.86. The van der Waals surface area contributed by atoms with Crippen molar-refractivity contribution in [2.24, 2.45) is 5.73 Å². The van der Waals surface area contributed by atoms with Gasteiger partial charge in [-0.05, 0) is 12.8 Å².